The van der Waals surface area contributed by atoms with E-state index in [4.69, 9.17) is 0 Å². The lowest BCUT2D eigenvalue weighted by Crippen LogP contribution is -2.21. The van der Waals surface area contributed by atoms with Crippen molar-refractivity contribution in [1.29, 1.82) is 0 Å². The summed E-state index contributed by atoms with van der Waals surface area (Å²) in [5.74, 6) is -0.617. The molecule has 1 saturated carbocycles. The molecule has 0 amide bonds. The molecule has 0 radical (unpaired) electrons. The van der Waals surface area contributed by atoms with E-state index in [0.29, 0.717) is 11.5 Å². The molecule has 3 nitrogen and oxygen atoms in total. The third kappa shape index (κ3) is 2.48. The van der Waals surface area contributed by atoms with Crippen LogP contribution in [0.4, 0.5) is 14.7 Å². The molecular weight excluding hydrogens is 260 g/mol. The first-order valence-corrected chi connectivity index (χ1v) is 6.54. The van der Waals surface area contributed by atoms with Crippen molar-refractivity contribution in [3.63, 3.8) is 0 Å². The van der Waals surface area contributed by atoms with Crippen molar-refractivity contribution in [2.45, 2.75) is 32.2 Å². The van der Waals surface area contributed by atoms with Crippen molar-refractivity contribution in [3.05, 3.63) is 52.9 Å². The molecule has 1 fully saturated rings. The summed E-state index contributed by atoms with van der Waals surface area (Å²) in [7, 11) is 0. The summed E-state index contributed by atoms with van der Waals surface area (Å²) in [6.45, 7) is 3.78. The van der Waals surface area contributed by atoms with Gasteiger partial charge in [-0.25, -0.2) is 18.7 Å². The number of aryl methyl sites for hydroxylation is 2. The summed E-state index contributed by atoms with van der Waals surface area (Å²) in [4.78, 5) is 8.64. The highest BCUT2D eigenvalue weighted by molar-refractivity contribution is 5.43. The summed E-state index contributed by atoms with van der Waals surface area (Å²) in [6, 6.07) is 5.50. The van der Waals surface area contributed by atoms with Crippen LogP contribution < -0.4 is 5.32 Å². The Kier molecular flexibility index (Phi) is 2.92. The molecule has 0 saturated heterocycles. The fraction of sp³-hybridized carbons (Fsp3) is 0.333. The zero-order valence-electron chi connectivity index (χ0n) is 11.4. The van der Waals surface area contributed by atoms with Crippen LogP contribution in [0.1, 0.15) is 29.8 Å². The number of halogens is 2. The van der Waals surface area contributed by atoms with Crippen molar-refractivity contribution in [1.82, 2.24) is 9.97 Å². The predicted molar refractivity (Wildman–Crippen MR) is 72.4 cm³/mol. The molecule has 0 unspecified atom stereocenters. The minimum atomic E-state index is -0.561. The van der Waals surface area contributed by atoms with E-state index in [2.05, 4.69) is 15.3 Å². The molecule has 1 aliphatic rings. The fourth-order valence-electron chi connectivity index (χ4n) is 2.44. The summed E-state index contributed by atoms with van der Waals surface area (Å²) < 4.78 is 26.7. The van der Waals surface area contributed by atoms with Crippen LogP contribution in [0.15, 0.2) is 24.3 Å². The van der Waals surface area contributed by atoms with Gasteiger partial charge in [0.2, 0.25) is 5.95 Å². The first-order valence-electron chi connectivity index (χ1n) is 6.54. The quantitative estimate of drug-likeness (QED) is 0.932. The van der Waals surface area contributed by atoms with Crippen LogP contribution in [-0.4, -0.2) is 9.97 Å². The number of aromatic nitrogens is 2. The van der Waals surface area contributed by atoms with Crippen molar-refractivity contribution in [2.75, 3.05) is 5.32 Å². The SMILES string of the molecule is Cc1cc(C)nc(NC2(c3cc(F)cc(F)c3)CC2)n1. The van der Waals surface area contributed by atoms with Gasteiger partial charge in [0, 0.05) is 17.5 Å². The van der Waals surface area contributed by atoms with Gasteiger partial charge in [0.1, 0.15) is 11.6 Å². The van der Waals surface area contributed by atoms with E-state index in [0.717, 1.165) is 30.3 Å². The van der Waals surface area contributed by atoms with Gasteiger partial charge in [0.05, 0.1) is 5.54 Å². The summed E-state index contributed by atoms with van der Waals surface area (Å²) in [6.07, 6.45) is 1.62. The topological polar surface area (TPSA) is 37.8 Å². The molecule has 1 aromatic carbocycles. The third-order valence-electron chi connectivity index (χ3n) is 3.50. The molecule has 1 aliphatic carbocycles. The van der Waals surface area contributed by atoms with Crippen molar-refractivity contribution >= 4 is 5.95 Å². The normalized spacial score (nSPS) is 16.0. The highest BCUT2D eigenvalue weighted by Gasteiger charge is 2.45. The van der Waals surface area contributed by atoms with E-state index in [1.165, 1.54) is 12.1 Å². The Morgan fingerprint density at radius 2 is 1.50 bits per heavy atom. The number of rotatable bonds is 3. The number of benzene rings is 1. The summed E-state index contributed by atoms with van der Waals surface area (Å²) >= 11 is 0. The second-order valence-electron chi connectivity index (χ2n) is 5.34. The zero-order valence-corrected chi connectivity index (χ0v) is 11.4. The second kappa shape index (κ2) is 4.51. The molecule has 0 aliphatic heterocycles. The lowest BCUT2D eigenvalue weighted by molar-refractivity contribution is 0.574. The van der Waals surface area contributed by atoms with Gasteiger partial charge < -0.3 is 5.32 Å². The van der Waals surface area contributed by atoms with Crippen LogP contribution >= 0.6 is 0 Å². The second-order valence-corrected chi connectivity index (χ2v) is 5.34. The average Bonchev–Trinajstić information content (AvgIpc) is 3.07. The van der Waals surface area contributed by atoms with Gasteiger partial charge in [-0.15, -0.1) is 0 Å². The number of hydrogen-bond donors (Lipinski definition) is 1. The van der Waals surface area contributed by atoms with Gasteiger partial charge in [-0.2, -0.15) is 0 Å². The Morgan fingerprint density at radius 1 is 0.950 bits per heavy atom. The van der Waals surface area contributed by atoms with Crippen LogP contribution in [-0.2, 0) is 5.54 Å². The van der Waals surface area contributed by atoms with E-state index < -0.39 is 17.2 Å². The maximum Gasteiger partial charge on any atom is 0.223 e. The number of nitrogens with zero attached hydrogens (tertiary/aromatic N) is 2. The fourth-order valence-corrected chi connectivity index (χ4v) is 2.44. The lowest BCUT2D eigenvalue weighted by atomic mass is 10.0. The molecule has 20 heavy (non-hydrogen) atoms. The van der Waals surface area contributed by atoms with Crippen LogP contribution in [0.2, 0.25) is 0 Å². The molecule has 0 bridgehead atoms. The lowest BCUT2D eigenvalue weighted by Gasteiger charge is -2.18. The summed E-state index contributed by atoms with van der Waals surface area (Å²) in [5, 5.41) is 3.23. The van der Waals surface area contributed by atoms with Crippen molar-refractivity contribution < 1.29 is 8.78 Å². The monoisotopic (exact) mass is 275 g/mol. The molecule has 0 atom stereocenters. The Balaban J connectivity index is 1.93. The summed E-state index contributed by atoms with van der Waals surface area (Å²) in [5.41, 5.74) is 1.89. The van der Waals surface area contributed by atoms with Crippen LogP contribution in [0.3, 0.4) is 0 Å². The average molecular weight is 275 g/mol. The maximum atomic E-state index is 13.4. The molecule has 3 rings (SSSR count). The highest BCUT2D eigenvalue weighted by Crippen LogP contribution is 2.48. The minimum absolute atomic E-state index is 0.441. The van der Waals surface area contributed by atoms with E-state index in [1.54, 1.807) is 0 Å². The van der Waals surface area contributed by atoms with Crippen LogP contribution in [0.25, 0.3) is 0 Å². The number of hydrogen-bond acceptors (Lipinski definition) is 3. The van der Waals surface area contributed by atoms with Gasteiger partial charge in [-0.1, -0.05) is 0 Å². The number of nitrogens with one attached hydrogen (secondary N) is 1. The van der Waals surface area contributed by atoms with Crippen LogP contribution in [0, 0.1) is 25.5 Å². The third-order valence-corrected chi connectivity index (χ3v) is 3.50. The van der Waals surface area contributed by atoms with Gasteiger partial charge in [-0.3, -0.25) is 0 Å². The Hall–Kier alpha value is -2.04. The van der Waals surface area contributed by atoms with E-state index >= 15 is 0 Å². The standard InChI is InChI=1S/C15H15F2N3/c1-9-5-10(2)19-14(18-9)20-15(3-4-15)11-6-12(16)8-13(17)7-11/h5-8H,3-4H2,1-2H3,(H,18,19,20). The highest BCUT2D eigenvalue weighted by atomic mass is 19.1. The zero-order chi connectivity index (χ0) is 14.3. The van der Waals surface area contributed by atoms with E-state index in [1.807, 2.05) is 19.9 Å². The van der Waals surface area contributed by atoms with E-state index in [-0.39, 0.29) is 0 Å². The van der Waals surface area contributed by atoms with Gasteiger partial charge >= 0.3 is 0 Å². The smallest absolute Gasteiger partial charge is 0.223 e. The van der Waals surface area contributed by atoms with Gasteiger partial charge in [0.15, 0.2) is 0 Å². The molecule has 2 aromatic rings. The molecule has 104 valence electrons. The maximum absolute atomic E-state index is 13.4. The molecule has 1 N–H and O–H groups in total. The molecule has 0 spiro atoms. The molecule has 1 aromatic heterocycles. The molecular formula is C15H15F2N3. The largest absolute Gasteiger partial charge is 0.345 e. The molecule has 1 heterocycles. The minimum Gasteiger partial charge on any atom is -0.345 e. The van der Waals surface area contributed by atoms with Crippen LogP contribution in [0.5, 0.6) is 0 Å². The predicted octanol–water partition coefficient (Wildman–Crippen LogP) is 3.47. The van der Waals surface area contributed by atoms with Gasteiger partial charge in [0.25, 0.3) is 0 Å². The van der Waals surface area contributed by atoms with Crippen molar-refractivity contribution in [3.8, 4) is 0 Å². The number of anilines is 1. The Labute approximate surface area is 116 Å². The van der Waals surface area contributed by atoms with Gasteiger partial charge in [-0.05, 0) is 50.5 Å². The Morgan fingerprint density at radius 3 is 2.00 bits per heavy atom. The first kappa shape index (κ1) is 13.0. The van der Waals surface area contributed by atoms with Crippen molar-refractivity contribution in [2.24, 2.45) is 0 Å². The van der Waals surface area contributed by atoms with E-state index in [9.17, 15) is 8.78 Å². The molecule has 5 heteroatoms. The first-order chi connectivity index (χ1) is 9.47. The Bertz CT molecular complexity index is 626.